The lowest BCUT2D eigenvalue weighted by Gasteiger charge is -2.32. The van der Waals surface area contributed by atoms with E-state index in [0.717, 1.165) is 12.1 Å². The summed E-state index contributed by atoms with van der Waals surface area (Å²) in [4.78, 5) is 15.4. The molecule has 0 fully saturated rings. The van der Waals surface area contributed by atoms with E-state index < -0.39 is 5.97 Å². The standard InChI is InChI=1S/C14H23N3O2/c1-10(2)8-14(3,9-15)17-11-5-6-16-12(7-11)13(18)19-4/h5-7,10H,8-9,15H2,1-4H3,(H,16,17). The quantitative estimate of drug-likeness (QED) is 0.770. The summed E-state index contributed by atoms with van der Waals surface area (Å²) in [5, 5.41) is 3.38. The van der Waals surface area contributed by atoms with Gasteiger partial charge in [0, 0.05) is 24.0 Å². The van der Waals surface area contributed by atoms with E-state index in [4.69, 9.17) is 5.73 Å². The van der Waals surface area contributed by atoms with Crippen molar-refractivity contribution in [3.63, 3.8) is 0 Å². The molecule has 0 aliphatic carbocycles. The fraction of sp³-hybridized carbons (Fsp3) is 0.571. The van der Waals surface area contributed by atoms with Gasteiger partial charge in [0.1, 0.15) is 5.69 Å². The molecule has 0 saturated heterocycles. The molecule has 0 aromatic carbocycles. The van der Waals surface area contributed by atoms with Gasteiger partial charge in [-0.25, -0.2) is 9.78 Å². The Morgan fingerprint density at radius 2 is 2.26 bits per heavy atom. The Balaban J connectivity index is 2.88. The van der Waals surface area contributed by atoms with Crippen molar-refractivity contribution in [2.75, 3.05) is 19.0 Å². The Hall–Kier alpha value is -1.62. The molecule has 1 atom stereocenters. The first-order chi connectivity index (χ1) is 8.90. The number of nitrogens with one attached hydrogen (secondary N) is 1. The smallest absolute Gasteiger partial charge is 0.356 e. The van der Waals surface area contributed by atoms with Gasteiger partial charge in [-0.05, 0) is 31.4 Å². The average molecular weight is 265 g/mol. The van der Waals surface area contributed by atoms with Crippen LogP contribution in [-0.2, 0) is 4.74 Å². The molecular formula is C14H23N3O2. The summed E-state index contributed by atoms with van der Waals surface area (Å²) in [5.41, 5.74) is 6.76. The Kier molecular flexibility index (Phi) is 5.30. The third-order valence-electron chi connectivity index (χ3n) is 2.91. The summed E-state index contributed by atoms with van der Waals surface area (Å²) in [6, 6.07) is 3.50. The fourth-order valence-electron chi connectivity index (χ4n) is 2.16. The topological polar surface area (TPSA) is 77.2 Å². The van der Waals surface area contributed by atoms with Crippen molar-refractivity contribution in [1.29, 1.82) is 0 Å². The molecule has 0 bridgehead atoms. The fourth-order valence-corrected chi connectivity index (χ4v) is 2.16. The van der Waals surface area contributed by atoms with Crippen molar-refractivity contribution in [2.45, 2.75) is 32.7 Å². The van der Waals surface area contributed by atoms with Gasteiger partial charge in [-0.2, -0.15) is 0 Å². The molecule has 1 unspecified atom stereocenters. The number of methoxy groups -OCH3 is 1. The van der Waals surface area contributed by atoms with Crippen LogP contribution in [0.15, 0.2) is 18.3 Å². The van der Waals surface area contributed by atoms with E-state index in [1.165, 1.54) is 7.11 Å². The second-order valence-electron chi connectivity index (χ2n) is 5.41. The molecule has 1 heterocycles. The molecule has 0 spiro atoms. The molecule has 0 saturated carbocycles. The highest BCUT2D eigenvalue weighted by atomic mass is 16.5. The zero-order valence-corrected chi connectivity index (χ0v) is 12.1. The number of esters is 1. The minimum Gasteiger partial charge on any atom is -0.464 e. The number of hydrogen-bond donors (Lipinski definition) is 2. The third kappa shape index (κ3) is 4.52. The molecular weight excluding hydrogens is 242 g/mol. The van der Waals surface area contributed by atoms with Crippen LogP contribution in [0.1, 0.15) is 37.7 Å². The number of carbonyl (C=O) groups excluding carboxylic acids is 1. The average Bonchev–Trinajstić information content (AvgIpc) is 2.37. The molecule has 106 valence electrons. The maximum Gasteiger partial charge on any atom is 0.356 e. The minimum atomic E-state index is -0.443. The third-order valence-corrected chi connectivity index (χ3v) is 2.91. The van der Waals surface area contributed by atoms with Crippen LogP contribution in [0.5, 0.6) is 0 Å². The number of nitrogens with zero attached hydrogens (tertiary/aromatic N) is 1. The zero-order valence-electron chi connectivity index (χ0n) is 12.1. The lowest BCUT2D eigenvalue weighted by Crippen LogP contribution is -2.43. The molecule has 1 rings (SSSR count). The number of rotatable bonds is 6. The lowest BCUT2D eigenvalue weighted by atomic mass is 9.90. The first kappa shape index (κ1) is 15.4. The summed E-state index contributed by atoms with van der Waals surface area (Å²) in [7, 11) is 1.34. The molecule has 5 nitrogen and oxygen atoms in total. The van der Waals surface area contributed by atoms with Gasteiger partial charge in [-0.15, -0.1) is 0 Å². The molecule has 0 radical (unpaired) electrons. The van der Waals surface area contributed by atoms with Gasteiger partial charge in [0.05, 0.1) is 7.11 Å². The van der Waals surface area contributed by atoms with Gasteiger partial charge in [-0.3, -0.25) is 0 Å². The number of nitrogens with two attached hydrogens (primary N) is 1. The van der Waals surface area contributed by atoms with Crippen molar-refractivity contribution in [3.05, 3.63) is 24.0 Å². The van der Waals surface area contributed by atoms with Crippen molar-refractivity contribution >= 4 is 11.7 Å². The predicted molar refractivity (Wildman–Crippen MR) is 76.1 cm³/mol. The summed E-state index contributed by atoms with van der Waals surface area (Å²) < 4.78 is 4.66. The summed E-state index contributed by atoms with van der Waals surface area (Å²) in [5.74, 6) is 0.0879. The van der Waals surface area contributed by atoms with Gasteiger partial charge in [0.15, 0.2) is 0 Å². The van der Waals surface area contributed by atoms with Crippen LogP contribution in [-0.4, -0.2) is 30.1 Å². The SMILES string of the molecule is COC(=O)c1cc(NC(C)(CN)CC(C)C)ccn1. The van der Waals surface area contributed by atoms with E-state index in [2.05, 4.69) is 35.8 Å². The van der Waals surface area contributed by atoms with E-state index in [-0.39, 0.29) is 11.2 Å². The van der Waals surface area contributed by atoms with Crippen molar-refractivity contribution in [1.82, 2.24) is 4.98 Å². The van der Waals surface area contributed by atoms with E-state index in [0.29, 0.717) is 12.5 Å². The minimum absolute atomic E-state index is 0.205. The van der Waals surface area contributed by atoms with Crippen LogP contribution in [0.3, 0.4) is 0 Å². The Labute approximate surface area is 114 Å². The van der Waals surface area contributed by atoms with Crippen molar-refractivity contribution in [3.8, 4) is 0 Å². The number of pyridine rings is 1. The van der Waals surface area contributed by atoms with Crippen molar-refractivity contribution < 1.29 is 9.53 Å². The molecule has 3 N–H and O–H groups in total. The zero-order chi connectivity index (χ0) is 14.5. The van der Waals surface area contributed by atoms with Crippen LogP contribution in [0.4, 0.5) is 5.69 Å². The lowest BCUT2D eigenvalue weighted by molar-refractivity contribution is 0.0594. The van der Waals surface area contributed by atoms with Crippen LogP contribution in [0.2, 0.25) is 0 Å². The van der Waals surface area contributed by atoms with Crippen LogP contribution in [0.25, 0.3) is 0 Å². The number of hydrogen-bond acceptors (Lipinski definition) is 5. The first-order valence-electron chi connectivity index (χ1n) is 6.43. The largest absolute Gasteiger partial charge is 0.464 e. The number of aromatic nitrogens is 1. The van der Waals surface area contributed by atoms with Crippen molar-refractivity contribution in [2.24, 2.45) is 11.7 Å². The van der Waals surface area contributed by atoms with E-state index in [1.807, 2.05) is 6.07 Å². The Bertz CT molecular complexity index is 434. The number of ether oxygens (including phenoxy) is 1. The Morgan fingerprint density at radius 3 is 2.79 bits per heavy atom. The second-order valence-corrected chi connectivity index (χ2v) is 5.41. The maximum atomic E-state index is 11.4. The van der Waals surface area contributed by atoms with E-state index in [9.17, 15) is 4.79 Å². The molecule has 0 aliphatic rings. The summed E-state index contributed by atoms with van der Waals surface area (Å²) in [6.07, 6.45) is 2.53. The maximum absolute atomic E-state index is 11.4. The number of carbonyl (C=O) groups is 1. The highest BCUT2D eigenvalue weighted by molar-refractivity contribution is 5.88. The van der Waals surface area contributed by atoms with Crippen LogP contribution in [0, 0.1) is 5.92 Å². The molecule has 0 amide bonds. The summed E-state index contributed by atoms with van der Waals surface area (Å²) in [6.45, 7) is 6.90. The molecule has 19 heavy (non-hydrogen) atoms. The van der Waals surface area contributed by atoms with Gasteiger partial charge < -0.3 is 15.8 Å². The van der Waals surface area contributed by atoms with Gasteiger partial charge in [-0.1, -0.05) is 13.8 Å². The van der Waals surface area contributed by atoms with E-state index >= 15 is 0 Å². The second kappa shape index (κ2) is 6.52. The first-order valence-corrected chi connectivity index (χ1v) is 6.43. The Morgan fingerprint density at radius 1 is 1.58 bits per heavy atom. The van der Waals surface area contributed by atoms with Crippen LogP contribution < -0.4 is 11.1 Å². The monoisotopic (exact) mass is 265 g/mol. The van der Waals surface area contributed by atoms with Gasteiger partial charge in [0.2, 0.25) is 0 Å². The molecule has 1 aromatic heterocycles. The molecule has 0 aliphatic heterocycles. The van der Waals surface area contributed by atoms with Gasteiger partial charge >= 0.3 is 5.97 Å². The molecule has 5 heteroatoms. The van der Waals surface area contributed by atoms with E-state index in [1.54, 1.807) is 12.3 Å². The normalized spacial score (nSPS) is 14.0. The number of anilines is 1. The van der Waals surface area contributed by atoms with Gasteiger partial charge in [0.25, 0.3) is 0 Å². The highest BCUT2D eigenvalue weighted by Gasteiger charge is 2.23. The predicted octanol–water partition coefficient (Wildman–Crippen LogP) is 2.04. The summed E-state index contributed by atoms with van der Waals surface area (Å²) >= 11 is 0. The molecule has 1 aromatic rings. The highest BCUT2D eigenvalue weighted by Crippen LogP contribution is 2.22. The van der Waals surface area contributed by atoms with Crippen LogP contribution >= 0.6 is 0 Å².